The maximum Gasteiger partial charge on any atom is 0.257 e. The highest BCUT2D eigenvalue weighted by Crippen LogP contribution is 2.31. The van der Waals surface area contributed by atoms with Gasteiger partial charge in [-0.25, -0.2) is 0 Å². The van der Waals surface area contributed by atoms with Crippen LogP contribution in [0, 0.1) is 0 Å². The Kier molecular flexibility index (Phi) is 2.83. The van der Waals surface area contributed by atoms with Gasteiger partial charge in [-0.15, -0.1) is 0 Å². The van der Waals surface area contributed by atoms with Crippen molar-refractivity contribution >= 4 is 5.91 Å². The summed E-state index contributed by atoms with van der Waals surface area (Å²) in [4.78, 5) is 14.0. The maximum atomic E-state index is 12.2. The molecule has 0 bridgehead atoms. The van der Waals surface area contributed by atoms with Crippen LogP contribution in [0.1, 0.15) is 23.2 Å². The Balaban J connectivity index is 1.64. The lowest BCUT2D eigenvalue weighted by atomic mass is 10.0. The van der Waals surface area contributed by atoms with Gasteiger partial charge in [-0.05, 0) is 0 Å². The minimum atomic E-state index is -0.425. The van der Waals surface area contributed by atoms with Gasteiger partial charge in [0, 0.05) is 39.2 Å². The van der Waals surface area contributed by atoms with Crippen LogP contribution in [0.2, 0.25) is 0 Å². The van der Waals surface area contributed by atoms with Crippen LogP contribution in [-0.2, 0) is 16.5 Å². The first-order valence-corrected chi connectivity index (χ1v) is 6.24. The third-order valence-electron chi connectivity index (χ3n) is 3.58. The van der Waals surface area contributed by atoms with Crippen LogP contribution >= 0.6 is 0 Å². The summed E-state index contributed by atoms with van der Waals surface area (Å²) in [6.45, 7) is 2.68. The third kappa shape index (κ3) is 2.02. The molecule has 6 nitrogen and oxygen atoms in total. The summed E-state index contributed by atoms with van der Waals surface area (Å²) >= 11 is 0. The van der Waals surface area contributed by atoms with E-state index in [1.807, 2.05) is 11.9 Å². The van der Waals surface area contributed by atoms with Gasteiger partial charge in [0.2, 0.25) is 0 Å². The fraction of sp³-hybridized carbons (Fsp3) is 0.667. The summed E-state index contributed by atoms with van der Waals surface area (Å²) in [5.41, 5.74) is 0.640. The fourth-order valence-corrected chi connectivity index (χ4v) is 2.55. The number of carbonyl (C=O) groups excluding carboxylic acids is 1. The number of hydrogen-bond donors (Lipinski definition) is 0. The van der Waals surface area contributed by atoms with Gasteiger partial charge in [0.15, 0.2) is 5.79 Å². The van der Waals surface area contributed by atoms with Crippen molar-refractivity contribution < 1.29 is 14.3 Å². The molecule has 18 heavy (non-hydrogen) atoms. The van der Waals surface area contributed by atoms with E-state index in [9.17, 15) is 4.79 Å². The van der Waals surface area contributed by atoms with E-state index < -0.39 is 5.79 Å². The molecule has 0 aliphatic carbocycles. The Morgan fingerprint density at radius 1 is 1.33 bits per heavy atom. The molecule has 3 heterocycles. The molecule has 1 spiro atoms. The molecule has 3 rings (SSSR count). The van der Waals surface area contributed by atoms with Crippen molar-refractivity contribution in [3.05, 3.63) is 18.0 Å². The molecule has 0 atom stereocenters. The summed E-state index contributed by atoms with van der Waals surface area (Å²) in [7, 11) is 1.81. The van der Waals surface area contributed by atoms with Crippen LogP contribution < -0.4 is 0 Å². The number of aryl methyl sites for hydroxylation is 1. The molecule has 2 fully saturated rings. The molecule has 1 aromatic heterocycles. The van der Waals surface area contributed by atoms with Crippen LogP contribution in [0.25, 0.3) is 0 Å². The molecular weight excluding hydrogens is 234 g/mol. The standard InChI is InChI=1S/C12H17N3O3/c1-14-9-10(8-13-14)11(16)15-4-2-12(3-5-15)17-6-7-18-12/h8-9H,2-7H2,1H3. The number of hydrogen-bond acceptors (Lipinski definition) is 4. The lowest BCUT2D eigenvalue weighted by Crippen LogP contribution is -2.47. The highest BCUT2D eigenvalue weighted by molar-refractivity contribution is 5.93. The molecule has 98 valence electrons. The normalized spacial score (nSPS) is 22.6. The first-order chi connectivity index (χ1) is 8.69. The molecular formula is C12H17N3O3. The lowest BCUT2D eigenvalue weighted by Gasteiger charge is -2.37. The summed E-state index contributed by atoms with van der Waals surface area (Å²) < 4.78 is 12.9. The van der Waals surface area contributed by atoms with E-state index in [-0.39, 0.29) is 5.91 Å². The monoisotopic (exact) mass is 251 g/mol. The highest BCUT2D eigenvalue weighted by Gasteiger charge is 2.40. The van der Waals surface area contributed by atoms with E-state index in [4.69, 9.17) is 9.47 Å². The Morgan fingerprint density at radius 3 is 2.56 bits per heavy atom. The smallest absolute Gasteiger partial charge is 0.257 e. The van der Waals surface area contributed by atoms with Crippen molar-refractivity contribution in [2.24, 2.45) is 7.05 Å². The first kappa shape index (κ1) is 11.7. The Hall–Kier alpha value is -1.40. The van der Waals surface area contributed by atoms with Gasteiger partial charge in [-0.3, -0.25) is 9.48 Å². The van der Waals surface area contributed by atoms with Crippen molar-refractivity contribution in [2.75, 3.05) is 26.3 Å². The van der Waals surface area contributed by atoms with E-state index in [0.717, 1.165) is 12.8 Å². The molecule has 1 aromatic rings. The fourth-order valence-electron chi connectivity index (χ4n) is 2.55. The van der Waals surface area contributed by atoms with Crippen molar-refractivity contribution in [3.8, 4) is 0 Å². The third-order valence-corrected chi connectivity index (χ3v) is 3.58. The summed E-state index contributed by atoms with van der Waals surface area (Å²) in [5.74, 6) is -0.387. The van der Waals surface area contributed by atoms with Gasteiger partial charge >= 0.3 is 0 Å². The lowest BCUT2D eigenvalue weighted by molar-refractivity contribution is -0.181. The van der Waals surface area contributed by atoms with Crippen molar-refractivity contribution in [1.82, 2.24) is 14.7 Å². The number of aromatic nitrogens is 2. The van der Waals surface area contributed by atoms with Crippen LogP contribution in [0.15, 0.2) is 12.4 Å². The van der Waals surface area contributed by atoms with E-state index in [1.54, 1.807) is 17.1 Å². The average Bonchev–Trinajstić information content (AvgIpc) is 3.00. The molecule has 0 radical (unpaired) electrons. The molecule has 0 saturated carbocycles. The molecule has 1 amide bonds. The minimum Gasteiger partial charge on any atom is -0.347 e. The molecule has 0 N–H and O–H groups in total. The highest BCUT2D eigenvalue weighted by atomic mass is 16.7. The van der Waals surface area contributed by atoms with Gasteiger partial charge in [0.25, 0.3) is 5.91 Å². The number of carbonyl (C=O) groups is 1. The van der Waals surface area contributed by atoms with Crippen molar-refractivity contribution in [1.29, 1.82) is 0 Å². The summed E-state index contributed by atoms with van der Waals surface area (Å²) in [5, 5.41) is 4.02. The van der Waals surface area contributed by atoms with E-state index in [1.165, 1.54) is 0 Å². The van der Waals surface area contributed by atoms with Gasteiger partial charge in [-0.1, -0.05) is 0 Å². The molecule has 6 heteroatoms. The summed E-state index contributed by atoms with van der Waals surface area (Å²) in [6.07, 6.45) is 4.85. The number of piperidine rings is 1. The van der Waals surface area contributed by atoms with Crippen molar-refractivity contribution in [2.45, 2.75) is 18.6 Å². The van der Waals surface area contributed by atoms with Gasteiger partial charge < -0.3 is 14.4 Å². The Morgan fingerprint density at radius 2 is 2.00 bits per heavy atom. The largest absolute Gasteiger partial charge is 0.347 e. The van der Waals surface area contributed by atoms with E-state index in [0.29, 0.717) is 31.9 Å². The zero-order chi connectivity index (χ0) is 12.6. The molecule has 2 aliphatic heterocycles. The second-order valence-corrected chi connectivity index (χ2v) is 4.80. The second-order valence-electron chi connectivity index (χ2n) is 4.80. The SMILES string of the molecule is Cn1cc(C(=O)N2CCC3(CC2)OCCO3)cn1. The number of rotatable bonds is 1. The topological polar surface area (TPSA) is 56.6 Å². The Labute approximate surface area is 105 Å². The Bertz CT molecular complexity index is 441. The van der Waals surface area contributed by atoms with E-state index in [2.05, 4.69) is 5.10 Å². The predicted octanol–water partition coefficient (Wildman–Crippen LogP) is 0.399. The quantitative estimate of drug-likeness (QED) is 0.725. The van der Waals surface area contributed by atoms with Gasteiger partial charge in [-0.2, -0.15) is 5.10 Å². The molecule has 0 aromatic carbocycles. The van der Waals surface area contributed by atoms with Crippen LogP contribution in [-0.4, -0.2) is 52.7 Å². The van der Waals surface area contributed by atoms with Crippen LogP contribution in [0.3, 0.4) is 0 Å². The minimum absolute atomic E-state index is 0.0379. The van der Waals surface area contributed by atoms with Crippen LogP contribution in [0.4, 0.5) is 0 Å². The predicted molar refractivity (Wildman–Crippen MR) is 63.0 cm³/mol. The van der Waals surface area contributed by atoms with E-state index >= 15 is 0 Å². The van der Waals surface area contributed by atoms with Crippen LogP contribution in [0.5, 0.6) is 0 Å². The molecule has 2 saturated heterocycles. The number of likely N-dealkylation sites (tertiary alicyclic amines) is 1. The first-order valence-electron chi connectivity index (χ1n) is 6.24. The summed E-state index contributed by atoms with van der Waals surface area (Å²) in [6, 6.07) is 0. The molecule has 2 aliphatic rings. The maximum absolute atomic E-state index is 12.2. The molecule has 0 unspecified atom stereocenters. The number of ether oxygens (including phenoxy) is 2. The number of nitrogens with zero attached hydrogens (tertiary/aromatic N) is 3. The average molecular weight is 251 g/mol. The second kappa shape index (κ2) is 4.37. The van der Waals surface area contributed by atoms with Crippen molar-refractivity contribution in [3.63, 3.8) is 0 Å². The van der Waals surface area contributed by atoms with Gasteiger partial charge in [0.1, 0.15) is 0 Å². The number of amides is 1. The zero-order valence-electron chi connectivity index (χ0n) is 10.5. The zero-order valence-corrected chi connectivity index (χ0v) is 10.5. The van der Waals surface area contributed by atoms with Gasteiger partial charge in [0.05, 0.1) is 25.0 Å².